The molecule has 0 fully saturated rings. The van der Waals surface area contributed by atoms with Crippen LogP contribution in [-0.2, 0) is 19.6 Å². The maximum Gasteiger partial charge on any atom is 0.460 e. The summed E-state index contributed by atoms with van der Waals surface area (Å²) in [6.45, 7) is 0. The smallest absolute Gasteiger partial charge is 0.281 e. The minimum Gasteiger partial charge on any atom is -0.281 e. The van der Waals surface area contributed by atoms with Crippen LogP contribution in [0.15, 0.2) is 0 Å². The SMILES string of the molecule is O=S(=O)(O)C(F)(F)C(F)(F)OC(F)(C(F)(F)F)C(F)(F)OC(F)(Br)C(F)(F)Br. The van der Waals surface area contributed by atoms with E-state index in [9.17, 15) is 65.5 Å². The van der Waals surface area contributed by atoms with E-state index >= 15 is 0 Å². The number of hydrogen-bond acceptors (Lipinski definition) is 4. The minimum absolute atomic E-state index is 0.922. The highest BCUT2D eigenvalue weighted by atomic mass is 79.9. The molecule has 0 aromatic rings. The highest BCUT2D eigenvalue weighted by Crippen LogP contribution is 2.56. The Morgan fingerprint density at radius 2 is 1.04 bits per heavy atom. The molecule has 0 aliphatic carbocycles. The van der Waals surface area contributed by atoms with Crippen LogP contribution in [0, 0.1) is 0 Å². The Morgan fingerprint density at radius 1 is 0.679 bits per heavy atom. The zero-order valence-electron chi connectivity index (χ0n) is 11.7. The number of rotatable bonds is 8. The van der Waals surface area contributed by atoms with Crippen LogP contribution >= 0.6 is 31.9 Å². The third-order valence-corrected chi connectivity index (χ3v) is 4.84. The molecule has 28 heavy (non-hydrogen) atoms. The molecule has 2 unspecified atom stereocenters. The van der Waals surface area contributed by atoms with Gasteiger partial charge in [-0.05, 0) is 31.9 Å². The minimum atomic E-state index is -7.57. The molecule has 0 radical (unpaired) electrons. The summed E-state index contributed by atoms with van der Waals surface area (Å²) in [5, 5.41) is -7.18. The lowest BCUT2D eigenvalue weighted by Crippen LogP contribution is -2.65. The van der Waals surface area contributed by atoms with Crippen molar-refractivity contribution in [2.45, 2.75) is 39.1 Å². The van der Waals surface area contributed by atoms with Gasteiger partial charge in [-0.1, -0.05) is 0 Å². The summed E-state index contributed by atoms with van der Waals surface area (Å²) in [5.74, 6) is -7.57. The summed E-state index contributed by atoms with van der Waals surface area (Å²) < 4.78 is 194. The van der Waals surface area contributed by atoms with Crippen LogP contribution in [0.4, 0.5) is 57.1 Å². The molecule has 0 heterocycles. The summed E-state index contributed by atoms with van der Waals surface area (Å²) in [5.41, 5.74) is 0. The van der Waals surface area contributed by atoms with E-state index in [-0.39, 0.29) is 0 Å². The Kier molecular flexibility index (Phi) is 7.21. The second-order valence-electron chi connectivity index (χ2n) is 4.34. The van der Waals surface area contributed by atoms with Crippen molar-refractivity contribution in [3.63, 3.8) is 0 Å². The molecule has 2 atom stereocenters. The molecule has 0 aliphatic rings. The topological polar surface area (TPSA) is 72.8 Å². The number of alkyl halides is 15. The second kappa shape index (κ2) is 7.24. The zero-order chi connectivity index (χ0) is 23.4. The number of ether oxygens (including phenoxy) is 2. The lowest BCUT2D eigenvalue weighted by molar-refractivity contribution is -0.524. The van der Waals surface area contributed by atoms with Gasteiger partial charge in [-0.15, -0.1) is 0 Å². The van der Waals surface area contributed by atoms with E-state index in [0.29, 0.717) is 0 Å². The van der Waals surface area contributed by atoms with Gasteiger partial charge in [-0.3, -0.25) is 14.0 Å². The molecule has 0 saturated heterocycles. The Morgan fingerprint density at radius 3 is 1.29 bits per heavy atom. The standard InChI is InChI=1S/C7HBr2F13O5S/c8-2(11,12)3(9,13)27-5(17,18)1(10,4(14,15)16)26-6(19,20)7(21,22)28(23,24)25/h(H,23,24,25). The van der Waals surface area contributed by atoms with E-state index in [4.69, 9.17) is 4.55 Å². The normalized spacial score (nSPS) is 19.9. The van der Waals surface area contributed by atoms with E-state index in [2.05, 4.69) is 4.74 Å². The van der Waals surface area contributed by atoms with Crippen LogP contribution in [0.5, 0.6) is 0 Å². The summed E-state index contributed by atoms with van der Waals surface area (Å²) >= 11 is 1.87. The first-order valence-electron chi connectivity index (χ1n) is 5.37. The molecule has 0 bridgehead atoms. The van der Waals surface area contributed by atoms with Gasteiger partial charge in [0.2, 0.25) is 0 Å². The number of halogens is 15. The molecule has 21 heteroatoms. The summed E-state index contributed by atoms with van der Waals surface area (Å²) in [6, 6.07) is 0. The average Bonchev–Trinajstić information content (AvgIpc) is 2.31. The van der Waals surface area contributed by atoms with Crippen LogP contribution in [0.3, 0.4) is 0 Å². The van der Waals surface area contributed by atoms with Gasteiger partial charge in [0.1, 0.15) is 0 Å². The van der Waals surface area contributed by atoms with E-state index in [1.807, 2.05) is 0 Å². The van der Waals surface area contributed by atoms with Crippen molar-refractivity contribution in [2.75, 3.05) is 0 Å². The van der Waals surface area contributed by atoms with Crippen LogP contribution in [0.25, 0.3) is 0 Å². The first-order valence-corrected chi connectivity index (χ1v) is 8.40. The Labute approximate surface area is 161 Å². The van der Waals surface area contributed by atoms with Crippen LogP contribution < -0.4 is 0 Å². The number of hydrogen-bond donors (Lipinski definition) is 1. The van der Waals surface area contributed by atoms with Crippen molar-refractivity contribution >= 4 is 42.0 Å². The van der Waals surface area contributed by atoms with Gasteiger partial charge >= 0.3 is 49.2 Å². The van der Waals surface area contributed by atoms with Gasteiger partial charge in [-0.2, -0.15) is 65.5 Å². The van der Waals surface area contributed by atoms with Gasteiger partial charge in [-0.25, -0.2) is 0 Å². The van der Waals surface area contributed by atoms with Crippen molar-refractivity contribution in [3.05, 3.63) is 0 Å². The van der Waals surface area contributed by atoms with Gasteiger partial charge in [0.05, 0.1) is 0 Å². The fourth-order valence-corrected chi connectivity index (χ4v) is 1.58. The van der Waals surface area contributed by atoms with Crippen molar-refractivity contribution in [1.82, 2.24) is 0 Å². The molecule has 1 N–H and O–H groups in total. The van der Waals surface area contributed by atoms with E-state index in [1.165, 1.54) is 0 Å². The molecule has 170 valence electrons. The summed E-state index contributed by atoms with van der Waals surface area (Å²) in [7, 11) is -7.42. The summed E-state index contributed by atoms with van der Waals surface area (Å²) in [4.78, 5) is -5.41. The van der Waals surface area contributed by atoms with Crippen LogP contribution in [0.2, 0.25) is 0 Å². The molecule has 0 spiro atoms. The molecular weight excluding hydrogens is 603 g/mol. The third kappa shape index (κ3) is 4.95. The molecular formula is C7HBr2F13O5S. The average molecular weight is 604 g/mol. The Hall–Kier alpha value is -0.120. The maximum atomic E-state index is 13.6. The van der Waals surface area contributed by atoms with Gasteiger partial charge in [0.25, 0.3) is 0 Å². The lowest BCUT2D eigenvalue weighted by Gasteiger charge is -2.39. The fraction of sp³-hybridized carbons (Fsp3) is 1.00. The molecule has 0 amide bonds. The first kappa shape index (κ1) is 27.9. The van der Waals surface area contributed by atoms with Crippen molar-refractivity contribution in [3.8, 4) is 0 Å². The zero-order valence-corrected chi connectivity index (χ0v) is 15.6. The Balaban J connectivity index is 6.45. The molecule has 0 aromatic carbocycles. The molecule has 5 nitrogen and oxygen atoms in total. The molecule has 0 aromatic heterocycles. The highest BCUT2D eigenvalue weighted by Gasteiger charge is 2.83. The monoisotopic (exact) mass is 602 g/mol. The van der Waals surface area contributed by atoms with Crippen molar-refractivity contribution in [1.29, 1.82) is 0 Å². The van der Waals surface area contributed by atoms with Crippen molar-refractivity contribution < 1.29 is 79.5 Å². The van der Waals surface area contributed by atoms with Crippen LogP contribution in [-0.4, -0.2) is 52.1 Å². The predicted molar refractivity (Wildman–Crippen MR) is 65.1 cm³/mol. The lowest BCUT2D eigenvalue weighted by atomic mass is 10.2. The Bertz CT molecular complexity index is 686. The largest absolute Gasteiger partial charge is 0.460 e. The first-order chi connectivity index (χ1) is 11.7. The highest BCUT2D eigenvalue weighted by molar-refractivity contribution is 9.12. The van der Waals surface area contributed by atoms with Gasteiger partial charge < -0.3 is 0 Å². The second-order valence-corrected chi connectivity index (χ2v) is 7.82. The van der Waals surface area contributed by atoms with Gasteiger partial charge in [0.15, 0.2) is 0 Å². The fourth-order valence-electron chi connectivity index (χ4n) is 0.953. The molecule has 0 rings (SSSR count). The summed E-state index contributed by atoms with van der Waals surface area (Å²) in [6.07, 6.45) is -22.3. The van der Waals surface area contributed by atoms with E-state index in [0.717, 1.165) is 31.9 Å². The van der Waals surface area contributed by atoms with E-state index < -0.39 is 49.2 Å². The van der Waals surface area contributed by atoms with Gasteiger partial charge in [0, 0.05) is 0 Å². The predicted octanol–water partition coefficient (Wildman–Crippen LogP) is 4.92. The van der Waals surface area contributed by atoms with Crippen LogP contribution in [0.1, 0.15) is 0 Å². The molecule has 0 saturated carbocycles. The van der Waals surface area contributed by atoms with E-state index in [1.54, 1.807) is 4.74 Å². The third-order valence-electron chi connectivity index (χ3n) is 2.26. The van der Waals surface area contributed by atoms with Crippen molar-refractivity contribution in [2.24, 2.45) is 0 Å². The molecule has 0 aliphatic heterocycles. The quantitative estimate of drug-likeness (QED) is 0.242. The maximum absolute atomic E-state index is 13.6.